The minimum Gasteiger partial charge on any atom is -0.310 e. The first-order valence-electron chi connectivity index (χ1n) is 5.93. The van der Waals surface area contributed by atoms with E-state index in [4.69, 9.17) is 11.6 Å². The lowest BCUT2D eigenvalue weighted by Crippen LogP contribution is -2.25. The van der Waals surface area contributed by atoms with E-state index in [0.717, 1.165) is 18.0 Å². The molecule has 0 aromatic heterocycles. The molecule has 17 heavy (non-hydrogen) atoms. The fourth-order valence-corrected chi connectivity index (χ4v) is 3.67. The van der Waals surface area contributed by atoms with Gasteiger partial charge < -0.3 is 5.32 Å². The molecule has 0 amide bonds. The molecule has 94 valence electrons. The summed E-state index contributed by atoms with van der Waals surface area (Å²) in [6, 6.07) is 4.78. The van der Waals surface area contributed by atoms with Crippen molar-refractivity contribution in [2.24, 2.45) is 5.92 Å². The first-order chi connectivity index (χ1) is 8.16. The summed E-state index contributed by atoms with van der Waals surface area (Å²) in [4.78, 5) is 0. The van der Waals surface area contributed by atoms with Crippen molar-refractivity contribution in [3.05, 3.63) is 34.6 Å². The zero-order valence-electron chi connectivity index (χ0n) is 9.88. The van der Waals surface area contributed by atoms with Crippen LogP contribution in [0.1, 0.15) is 24.9 Å². The van der Waals surface area contributed by atoms with Gasteiger partial charge in [-0.05, 0) is 55.0 Å². The normalized spacial score (nSPS) is 21.7. The van der Waals surface area contributed by atoms with Crippen LogP contribution in [0.2, 0.25) is 5.02 Å². The summed E-state index contributed by atoms with van der Waals surface area (Å²) in [6.45, 7) is 3.09. The Bertz CT molecular complexity index is 380. The molecule has 0 saturated carbocycles. The highest BCUT2D eigenvalue weighted by Gasteiger charge is 2.17. The van der Waals surface area contributed by atoms with Crippen molar-refractivity contribution < 1.29 is 4.39 Å². The van der Waals surface area contributed by atoms with Gasteiger partial charge in [-0.2, -0.15) is 11.8 Å². The first-order valence-corrected chi connectivity index (χ1v) is 7.46. The standard InChI is InChI=1S/C13H17ClFNS/c1-9(16-7-10-4-5-17-8-10)12-3-2-11(15)6-13(12)14/h2-3,6,9-10,16H,4-5,7-8H2,1H3. The van der Waals surface area contributed by atoms with Gasteiger partial charge in [-0.1, -0.05) is 17.7 Å². The summed E-state index contributed by atoms with van der Waals surface area (Å²) in [5.74, 6) is 3.01. The van der Waals surface area contributed by atoms with Gasteiger partial charge in [0.05, 0.1) is 0 Å². The molecule has 1 saturated heterocycles. The van der Waals surface area contributed by atoms with E-state index in [0.29, 0.717) is 5.02 Å². The predicted molar refractivity (Wildman–Crippen MR) is 73.3 cm³/mol. The number of rotatable bonds is 4. The van der Waals surface area contributed by atoms with Gasteiger partial charge in [0.15, 0.2) is 0 Å². The lowest BCUT2D eigenvalue weighted by molar-refractivity contribution is 0.477. The van der Waals surface area contributed by atoms with Crippen molar-refractivity contribution in [2.75, 3.05) is 18.1 Å². The molecule has 1 heterocycles. The average molecular weight is 274 g/mol. The zero-order valence-corrected chi connectivity index (χ0v) is 11.5. The maximum Gasteiger partial charge on any atom is 0.124 e. The lowest BCUT2D eigenvalue weighted by Gasteiger charge is -2.18. The fraction of sp³-hybridized carbons (Fsp3) is 0.538. The average Bonchev–Trinajstić information content (AvgIpc) is 2.78. The lowest BCUT2D eigenvalue weighted by atomic mass is 10.1. The summed E-state index contributed by atoms with van der Waals surface area (Å²) in [7, 11) is 0. The van der Waals surface area contributed by atoms with Crippen LogP contribution in [0.5, 0.6) is 0 Å². The summed E-state index contributed by atoms with van der Waals surface area (Å²) in [5.41, 5.74) is 0.971. The largest absolute Gasteiger partial charge is 0.310 e. The third-order valence-corrected chi connectivity index (χ3v) is 4.72. The molecular formula is C13H17ClFNS. The van der Waals surface area contributed by atoms with Crippen molar-refractivity contribution in [3.8, 4) is 0 Å². The topological polar surface area (TPSA) is 12.0 Å². The maximum absolute atomic E-state index is 12.9. The van der Waals surface area contributed by atoms with Gasteiger partial charge in [0.25, 0.3) is 0 Å². The van der Waals surface area contributed by atoms with Gasteiger partial charge in [0, 0.05) is 11.1 Å². The van der Waals surface area contributed by atoms with Crippen LogP contribution in [0.4, 0.5) is 4.39 Å². The molecule has 1 nitrogen and oxygen atoms in total. The molecule has 2 rings (SSSR count). The number of benzene rings is 1. The van der Waals surface area contributed by atoms with E-state index in [1.54, 1.807) is 6.07 Å². The molecule has 2 unspecified atom stereocenters. The van der Waals surface area contributed by atoms with Crippen LogP contribution in [0.3, 0.4) is 0 Å². The van der Waals surface area contributed by atoms with E-state index in [2.05, 4.69) is 12.2 Å². The van der Waals surface area contributed by atoms with Gasteiger partial charge in [-0.3, -0.25) is 0 Å². The maximum atomic E-state index is 12.9. The van der Waals surface area contributed by atoms with Crippen LogP contribution in [0, 0.1) is 11.7 Å². The molecule has 1 N–H and O–H groups in total. The number of hydrogen-bond acceptors (Lipinski definition) is 2. The molecule has 0 radical (unpaired) electrons. The monoisotopic (exact) mass is 273 g/mol. The molecule has 1 aromatic rings. The van der Waals surface area contributed by atoms with Crippen LogP contribution in [0.15, 0.2) is 18.2 Å². The molecule has 0 bridgehead atoms. The third-order valence-electron chi connectivity index (χ3n) is 3.17. The van der Waals surface area contributed by atoms with Crippen molar-refractivity contribution in [1.82, 2.24) is 5.32 Å². The van der Waals surface area contributed by atoms with E-state index < -0.39 is 0 Å². The van der Waals surface area contributed by atoms with E-state index in [9.17, 15) is 4.39 Å². The molecule has 1 aromatic carbocycles. The molecular weight excluding hydrogens is 257 g/mol. The van der Waals surface area contributed by atoms with E-state index >= 15 is 0 Å². The Kier molecular flexibility index (Phi) is 4.71. The quantitative estimate of drug-likeness (QED) is 0.893. The Morgan fingerprint density at radius 3 is 3.06 bits per heavy atom. The Morgan fingerprint density at radius 1 is 1.59 bits per heavy atom. The van der Waals surface area contributed by atoms with Crippen molar-refractivity contribution in [3.63, 3.8) is 0 Å². The Morgan fingerprint density at radius 2 is 2.41 bits per heavy atom. The molecule has 4 heteroatoms. The predicted octanol–water partition coefficient (Wildman–Crippen LogP) is 3.88. The number of nitrogens with one attached hydrogen (secondary N) is 1. The third kappa shape index (κ3) is 3.60. The summed E-state index contributed by atoms with van der Waals surface area (Å²) in [5, 5.41) is 3.99. The minimum absolute atomic E-state index is 0.175. The van der Waals surface area contributed by atoms with Crippen molar-refractivity contribution in [1.29, 1.82) is 0 Å². The Hall–Kier alpha value is -0.250. The van der Waals surface area contributed by atoms with Gasteiger partial charge >= 0.3 is 0 Å². The van der Waals surface area contributed by atoms with Crippen LogP contribution in [-0.2, 0) is 0 Å². The zero-order chi connectivity index (χ0) is 12.3. The molecule has 1 aliphatic rings. The number of halogens is 2. The number of thioether (sulfide) groups is 1. The summed E-state index contributed by atoms with van der Waals surface area (Å²) in [6.07, 6.45) is 1.29. The second kappa shape index (κ2) is 6.07. The van der Waals surface area contributed by atoms with Crippen LogP contribution < -0.4 is 5.32 Å². The van der Waals surface area contributed by atoms with E-state index in [1.807, 2.05) is 11.8 Å². The molecule has 1 aliphatic heterocycles. The van der Waals surface area contributed by atoms with Gasteiger partial charge in [-0.15, -0.1) is 0 Å². The highest BCUT2D eigenvalue weighted by molar-refractivity contribution is 7.99. The van der Waals surface area contributed by atoms with Gasteiger partial charge in [0.2, 0.25) is 0 Å². The van der Waals surface area contributed by atoms with Gasteiger partial charge in [-0.25, -0.2) is 4.39 Å². The van der Waals surface area contributed by atoms with Crippen molar-refractivity contribution in [2.45, 2.75) is 19.4 Å². The molecule has 1 fully saturated rings. The highest BCUT2D eigenvalue weighted by Crippen LogP contribution is 2.26. The second-order valence-electron chi connectivity index (χ2n) is 4.53. The Labute approximate surface area is 111 Å². The van der Waals surface area contributed by atoms with Gasteiger partial charge in [0.1, 0.15) is 5.82 Å². The highest BCUT2D eigenvalue weighted by atomic mass is 35.5. The SMILES string of the molecule is CC(NCC1CCSC1)c1ccc(F)cc1Cl. The van der Waals surface area contributed by atoms with Crippen LogP contribution in [0.25, 0.3) is 0 Å². The van der Waals surface area contributed by atoms with Crippen molar-refractivity contribution >= 4 is 23.4 Å². The Balaban J connectivity index is 1.91. The van der Waals surface area contributed by atoms with E-state index in [-0.39, 0.29) is 11.9 Å². The molecule has 2 atom stereocenters. The summed E-state index contributed by atoms with van der Waals surface area (Å²) >= 11 is 8.05. The van der Waals surface area contributed by atoms with Crippen LogP contribution >= 0.6 is 23.4 Å². The van der Waals surface area contributed by atoms with Crippen LogP contribution in [-0.4, -0.2) is 18.1 Å². The molecule has 0 aliphatic carbocycles. The second-order valence-corrected chi connectivity index (χ2v) is 6.08. The minimum atomic E-state index is -0.279. The van der Waals surface area contributed by atoms with E-state index in [1.165, 1.54) is 30.1 Å². The number of hydrogen-bond donors (Lipinski definition) is 1. The summed E-state index contributed by atoms with van der Waals surface area (Å²) < 4.78 is 12.9. The first kappa shape index (κ1) is 13.2. The molecule has 0 spiro atoms. The smallest absolute Gasteiger partial charge is 0.124 e. The fourth-order valence-electron chi connectivity index (χ4n) is 2.05.